The van der Waals surface area contributed by atoms with Gasteiger partial charge in [-0.25, -0.2) is 4.68 Å². The number of hydrogen-bond donors (Lipinski definition) is 0. The van der Waals surface area contributed by atoms with Gasteiger partial charge >= 0.3 is 0 Å². The normalized spacial score (nSPS) is 11.0. The van der Waals surface area contributed by atoms with E-state index in [1.165, 1.54) is 0 Å². The Kier molecular flexibility index (Phi) is 6.88. The van der Waals surface area contributed by atoms with Crippen LogP contribution in [0.3, 0.4) is 0 Å². The van der Waals surface area contributed by atoms with Crippen LogP contribution in [0.15, 0.2) is 91.1 Å². The SMILES string of the molecule is COc1cccc(Cn2cc(CCc3ccc(C(=O)/C=C/c4ccccc4)cc3)nn2)c1. The summed E-state index contributed by atoms with van der Waals surface area (Å²) in [4.78, 5) is 12.4. The smallest absolute Gasteiger partial charge is 0.185 e. The number of ether oxygens (including phenoxy) is 1. The molecule has 4 rings (SSSR count). The Hall–Kier alpha value is -3.99. The van der Waals surface area contributed by atoms with Gasteiger partial charge in [0, 0.05) is 11.8 Å². The molecule has 0 unspecified atom stereocenters. The third-order valence-electron chi connectivity index (χ3n) is 5.20. The molecule has 1 heterocycles. The Morgan fingerprint density at radius 3 is 2.53 bits per heavy atom. The first-order chi connectivity index (χ1) is 15.7. The number of hydrogen-bond acceptors (Lipinski definition) is 4. The summed E-state index contributed by atoms with van der Waals surface area (Å²) in [6, 6.07) is 25.5. The van der Waals surface area contributed by atoms with Crippen LogP contribution in [0.2, 0.25) is 0 Å². The second-order valence-electron chi connectivity index (χ2n) is 7.56. The fraction of sp³-hybridized carbons (Fsp3) is 0.148. The zero-order valence-corrected chi connectivity index (χ0v) is 18.0. The number of aryl methyl sites for hydroxylation is 2. The van der Waals surface area contributed by atoms with Gasteiger partial charge in [-0.1, -0.05) is 78.0 Å². The molecule has 3 aromatic carbocycles. The lowest BCUT2D eigenvalue weighted by Gasteiger charge is -2.04. The van der Waals surface area contributed by atoms with Crippen molar-refractivity contribution in [2.45, 2.75) is 19.4 Å². The lowest BCUT2D eigenvalue weighted by molar-refractivity contribution is 0.104. The van der Waals surface area contributed by atoms with E-state index in [-0.39, 0.29) is 5.78 Å². The Balaban J connectivity index is 1.30. The molecule has 4 aromatic rings. The molecule has 5 heteroatoms. The summed E-state index contributed by atoms with van der Waals surface area (Å²) in [6.45, 7) is 0.650. The van der Waals surface area contributed by atoms with Crippen molar-refractivity contribution in [3.63, 3.8) is 0 Å². The number of carbonyl (C=O) groups excluding carboxylic acids is 1. The Morgan fingerprint density at radius 1 is 0.938 bits per heavy atom. The molecule has 0 amide bonds. The summed E-state index contributed by atoms with van der Waals surface area (Å²) >= 11 is 0. The average Bonchev–Trinajstić information content (AvgIpc) is 3.29. The van der Waals surface area contributed by atoms with Crippen molar-refractivity contribution in [2.75, 3.05) is 7.11 Å². The van der Waals surface area contributed by atoms with Crippen LogP contribution in [-0.2, 0) is 19.4 Å². The van der Waals surface area contributed by atoms with Crippen LogP contribution < -0.4 is 4.74 Å². The Bertz CT molecular complexity index is 1200. The lowest BCUT2D eigenvalue weighted by Crippen LogP contribution is -2.00. The molecule has 0 radical (unpaired) electrons. The molecule has 32 heavy (non-hydrogen) atoms. The highest BCUT2D eigenvalue weighted by atomic mass is 16.5. The first-order valence-electron chi connectivity index (χ1n) is 10.6. The maximum Gasteiger partial charge on any atom is 0.185 e. The molecule has 0 bridgehead atoms. The van der Waals surface area contributed by atoms with Crippen LogP contribution in [-0.4, -0.2) is 27.9 Å². The van der Waals surface area contributed by atoms with Gasteiger partial charge in [-0.05, 0) is 47.7 Å². The molecule has 0 spiro atoms. The quantitative estimate of drug-likeness (QED) is 0.280. The fourth-order valence-electron chi connectivity index (χ4n) is 3.43. The second kappa shape index (κ2) is 10.4. The highest BCUT2D eigenvalue weighted by Crippen LogP contribution is 2.14. The minimum absolute atomic E-state index is 0.000823. The number of nitrogens with zero attached hydrogens (tertiary/aromatic N) is 3. The molecule has 0 saturated carbocycles. The molecule has 0 saturated heterocycles. The Morgan fingerprint density at radius 2 is 1.75 bits per heavy atom. The zero-order valence-electron chi connectivity index (χ0n) is 18.0. The van der Waals surface area contributed by atoms with Crippen LogP contribution in [0.5, 0.6) is 5.75 Å². The third-order valence-corrected chi connectivity index (χ3v) is 5.20. The summed E-state index contributed by atoms with van der Waals surface area (Å²) in [5, 5.41) is 8.52. The number of carbonyl (C=O) groups is 1. The van der Waals surface area contributed by atoms with E-state index in [1.807, 2.05) is 95.8 Å². The van der Waals surface area contributed by atoms with Crippen LogP contribution in [0.25, 0.3) is 6.08 Å². The number of benzene rings is 3. The van der Waals surface area contributed by atoms with E-state index in [4.69, 9.17) is 4.74 Å². The van der Waals surface area contributed by atoms with Crippen molar-refractivity contribution in [3.05, 3.63) is 119 Å². The van der Waals surface area contributed by atoms with E-state index < -0.39 is 0 Å². The number of methoxy groups -OCH3 is 1. The third kappa shape index (κ3) is 5.79. The van der Waals surface area contributed by atoms with Gasteiger partial charge in [0.1, 0.15) is 5.75 Å². The van der Waals surface area contributed by atoms with E-state index in [9.17, 15) is 4.79 Å². The van der Waals surface area contributed by atoms with E-state index >= 15 is 0 Å². The van der Waals surface area contributed by atoms with E-state index in [1.54, 1.807) is 13.2 Å². The maximum absolute atomic E-state index is 12.4. The topological polar surface area (TPSA) is 57.0 Å². The van der Waals surface area contributed by atoms with Gasteiger partial charge in [0.05, 0.1) is 19.3 Å². The molecule has 0 aliphatic rings. The first-order valence-corrected chi connectivity index (χ1v) is 10.6. The molecular formula is C27H25N3O2. The summed E-state index contributed by atoms with van der Waals surface area (Å²) in [7, 11) is 1.66. The maximum atomic E-state index is 12.4. The summed E-state index contributed by atoms with van der Waals surface area (Å²) in [6.07, 6.45) is 7.06. The second-order valence-corrected chi connectivity index (χ2v) is 7.56. The summed E-state index contributed by atoms with van der Waals surface area (Å²) in [5.74, 6) is 0.834. The molecule has 0 aliphatic carbocycles. The van der Waals surface area contributed by atoms with Crippen LogP contribution in [0.4, 0.5) is 0 Å². The zero-order chi connectivity index (χ0) is 22.2. The van der Waals surface area contributed by atoms with Crippen molar-refractivity contribution in [1.82, 2.24) is 15.0 Å². The van der Waals surface area contributed by atoms with Crippen molar-refractivity contribution in [2.24, 2.45) is 0 Å². The van der Waals surface area contributed by atoms with Gasteiger partial charge in [-0.15, -0.1) is 5.10 Å². The molecule has 0 aliphatic heterocycles. The van der Waals surface area contributed by atoms with Gasteiger partial charge in [0.2, 0.25) is 0 Å². The van der Waals surface area contributed by atoms with Crippen LogP contribution >= 0.6 is 0 Å². The number of allylic oxidation sites excluding steroid dienone is 1. The van der Waals surface area contributed by atoms with Gasteiger partial charge in [-0.3, -0.25) is 4.79 Å². The predicted molar refractivity (Wildman–Crippen MR) is 126 cm³/mol. The number of ketones is 1. The minimum Gasteiger partial charge on any atom is -0.497 e. The predicted octanol–water partition coefficient (Wildman–Crippen LogP) is 5.02. The van der Waals surface area contributed by atoms with Crippen LogP contribution in [0.1, 0.15) is 32.7 Å². The van der Waals surface area contributed by atoms with Gasteiger partial charge < -0.3 is 4.74 Å². The molecule has 0 N–H and O–H groups in total. The molecular weight excluding hydrogens is 398 g/mol. The standard InChI is InChI=1S/C27H25N3O2/c1-32-26-9-5-8-23(18-26)19-30-20-25(28-29-30)16-12-22-10-14-24(15-11-22)27(31)17-13-21-6-3-2-4-7-21/h2-11,13-15,17-18,20H,12,16,19H2,1H3/b17-13+. The lowest BCUT2D eigenvalue weighted by atomic mass is 10.0. The number of aromatic nitrogens is 3. The van der Waals surface area contributed by atoms with Gasteiger partial charge in [0.15, 0.2) is 5.78 Å². The van der Waals surface area contributed by atoms with E-state index in [0.717, 1.165) is 41.0 Å². The minimum atomic E-state index is 0.000823. The number of rotatable bonds is 9. The summed E-state index contributed by atoms with van der Waals surface area (Å²) in [5.41, 5.74) is 4.92. The van der Waals surface area contributed by atoms with Crippen molar-refractivity contribution in [3.8, 4) is 5.75 Å². The van der Waals surface area contributed by atoms with E-state index in [0.29, 0.717) is 12.1 Å². The molecule has 160 valence electrons. The van der Waals surface area contributed by atoms with Crippen LogP contribution in [0, 0.1) is 0 Å². The average molecular weight is 424 g/mol. The molecule has 0 fully saturated rings. The monoisotopic (exact) mass is 423 g/mol. The largest absolute Gasteiger partial charge is 0.497 e. The fourth-order valence-corrected chi connectivity index (χ4v) is 3.43. The first kappa shape index (κ1) is 21.2. The molecule has 0 atom stereocenters. The molecule has 5 nitrogen and oxygen atoms in total. The van der Waals surface area contributed by atoms with Gasteiger partial charge in [-0.2, -0.15) is 0 Å². The van der Waals surface area contributed by atoms with Crippen molar-refractivity contribution in [1.29, 1.82) is 0 Å². The Labute approximate surface area is 188 Å². The van der Waals surface area contributed by atoms with Crippen molar-refractivity contribution < 1.29 is 9.53 Å². The van der Waals surface area contributed by atoms with Crippen molar-refractivity contribution >= 4 is 11.9 Å². The van der Waals surface area contributed by atoms with E-state index in [2.05, 4.69) is 10.3 Å². The highest BCUT2D eigenvalue weighted by molar-refractivity contribution is 6.06. The van der Waals surface area contributed by atoms with Gasteiger partial charge in [0.25, 0.3) is 0 Å². The molecule has 1 aromatic heterocycles. The highest BCUT2D eigenvalue weighted by Gasteiger charge is 2.05. The summed E-state index contributed by atoms with van der Waals surface area (Å²) < 4.78 is 7.11.